The number of fused-ring (bicyclic) bond motifs is 1. The molecule has 200 valence electrons. The number of rotatable bonds is 4. The van der Waals surface area contributed by atoms with Crippen molar-refractivity contribution in [1.29, 1.82) is 0 Å². The van der Waals surface area contributed by atoms with Gasteiger partial charge in [-0.2, -0.15) is 9.97 Å². The molecule has 0 aliphatic carbocycles. The topological polar surface area (TPSA) is 138 Å². The van der Waals surface area contributed by atoms with Gasteiger partial charge in [-0.15, -0.1) is 0 Å². The van der Waals surface area contributed by atoms with E-state index in [1.54, 1.807) is 19.1 Å². The highest BCUT2D eigenvalue weighted by Gasteiger charge is 2.22. The molecule has 1 atom stereocenters. The summed E-state index contributed by atoms with van der Waals surface area (Å²) in [5.41, 5.74) is 11.8. The molecule has 0 bridgehead atoms. The quantitative estimate of drug-likeness (QED) is 0.274. The minimum Gasteiger partial charge on any atom is -0.382 e. The summed E-state index contributed by atoms with van der Waals surface area (Å²) in [6, 6.07) is 9.15. The molecule has 3 heterocycles. The Labute approximate surface area is 229 Å². The Kier molecular flexibility index (Phi) is 6.98. The molecule has 2 aromatic carbocycles. The fourth-order valence-corrected chi connectivity index (χ4v) is 4.24. The number of halogens is 4. The predicted octanol–water partition coefficient (Wildman–Crippen LogP) is 4.38. The van der Waals surface area contributed by atoms with E-state index in [4.69, 9.17) is 23.1 Å². The van der Waals surface area contributed by atoms with E-state index in [0.717, 1.165) is 22.9 Å². The van der Waals surface area contributed by atoms with E-state index in [9.17, 15) is 18.0 Å². The molecular weight excluding hydrogens is 545 g/mol. The molecule has 5 rings (SSSR count). The molecule has 40 heavy (non-hydrogen) atoms. The summed E-state index contributed by atoms with van der Waals surface area (Å²) in [7, 11) is 0. The number of nitrogens with zero attached hydrogens (tertiary/aromatic N) is 5. The van der Waals surface area contributed by atoms with E-state index in [1.165, 1.54) is 18.2 Å². The molecule has 0 spiro atoms. The van der Waals surface area contributed by atoms with Gasteiger partial charge in [0.2, 0.25) is 5.95 Å². The van der Waals surface area contributed by atoms with Crippen molar-refractivity contribution in [3.05, 3.63) is 105 Å². The highest BCUT2D eigenvalue weighted by molar-refractivity contribution is 6.35. The first-order valence-corrected chi connectivity index (χ1v) is 12.0. The molecule has 0 saturated carbocycles. The molecule has 1 unspecified atom stereocenters. The zero-order chi connectivity index (χ0) is 28.6. The standard InChI is InChI=1S/C27H18ClF3N8O/c1-13(35-24-19(23(32)37-27(33)38-24)8-7-17-6-5-14(29)12-34-17)25-36-21-4-2-3-20(28)22(21)26(40)39(25)18-10-15(30)9-16(31)11-18/h2-6,9-13H,1H3,(H5,32,33,35,37,38). The minimum atomic E-state index is -0.893. The van der Waals surface area contributed by atoms with Gasteiger partial charge in [0.05, 0.1) is 33.9 Å². The third-order valence-corrected chi connectivity index (χ3v) is 6.03. The number of benzene rings is 2. The maximum absolute atomic E-state index is 14.2. The number of nitrogens with one attached hydrogen (secondary N) is 1. The van der Waals surface area contributed by atoms with Gasteiger partial charge in [-0.1, -0.05) is 23.6 Å². The van der Waals surface area contributed by atoms with Crippen LogP contribution in [0.1, 0.15) is 30.0 Å². The average Bonchev–Trinajstić information content (AvgIpc) is 2.88. The van der Waals surface area contributed by atoms with Crippen LogP contribution in [0.15, 0.2) is 59.5 Å². The maximum Gasteiger partial charge on any atom is 0.267 e. The summed E-state index contributed by atoms with van der Waals surface area (Å²) in [5.74, 6) is 3.18. The van der Waals surface area contributed by atoms with E-state index in [2.05, 4.69) is 37.1 Å². The van der Waals surface area contributed by atoms with E-state index >= 15 is 0 Å². The molecule has 0 radical (unpaired) electrons. The second-order valence-corrected chi connectivity index (χ2v) is 8.95. The summed E-state index contributed by atoms with van der Waals surface area (Å²) >= 11 is 6.29. The summed E-state index contributed by atoms with van der Waals surface area (Å²) in [6.45, 7) is 1.64. The zero-order valence-electron chi connectivity index (χ0n) is 20.6. The number of anilines is 3. The van der Waals surface area contributed by atoms with Crippen molar-refractivity contribution in [2.45, 2.75) is 13.0 Å². The normalized spacial score (nSPS) is 11.6. The largest absolute Gasteiger partial charge is 0.382 e. The lowest BCUT2D eigenvalue weighted by Crippen LogP contribution is -2.28. The van der Waals surface area contributed by atoms with Gasteiger partial charge < -0.3 is 16.8 Å². The fourth-order valence-electron chi connectivity index (χ4n) is 3.98. The Morgan fingerprint density at radius 3 is 2.42 bits per heavy atom. The van der Waals surface area contributed by atoms with Gasteiger partial charge in [-0.05, 0) is 49.2 Å². The molecule has 13 heteroatoms. The van der Waals surface area contributed by atoms with Gasteiger partial charge >= 0.3 is 0 Å². The average molecular weight is 563 g/mol. The van der Waals surface area contributed by atoms with Crippen LogP contribution in [0.4, 0.5) is 30.8 Å². The van der Waals surface area contributed by atoms with Crippen LogP contribution in [-0.2, 0) is 0 Å². The second-order valence-electron chi connectivity index (χ2n) is 8.54. The van der Waals surface area contributed by atoms with Gasteiger partial charge in [0.25, 0.3) is 5.56 Å². The summed E-state index contributed by atoms with van der Waals surface area (Å²) in [6.07, 6.45) is 1.01. The molecular formula is C27H18ClF3N8O. The number of nitrogen functional groups attached to an aromatic ring is 2. The fraction of sp³-hybridized carbons (Fsp3) is 0.0741. The molecule has 5 N–H and O–H groups in total. The third-order valence-electron chi connectivity index (χ3n) is 5.72. The molecule has 0 aliphatic heterocycles. The number of pyridine rings is 1. The van der Waals surface area contributed by atoms with Crippen molar-refractivity contribution in [2.75, 3.05) is 16.8 Å². The van der Waals surface area contributed by atoms with Crippen molar-refractivity contribution in [3.63, 3.8) is 0 Å². The van der Waals surface area contributed by atoms with E-state index < -0.39 is 29.1 Å². The van der Waals surface area contributed by atoms with Crippen molar-refractivity contribution in [3.8, 4) is 17.5 Å². The summed E-state index contributed by atoms with van der Waals surface area (Å²) < 4.78 is 42.7. The number of nitrogens with two attached hydrogens (primary N) is 2. The van der Waals surface area contributed by atoms with E-state index in [-0.39, 0.29) is 56.3 Å². The van der Waals surface area contributed by atoms with Gasteiger partial charge in [-0.25, -0.2) is 23.1 Å². The van der Waals surface area contributed by atoms with Crippen molar-refractivity contribution >= 4 is 40.1 Å². The number of hydrogen-bond acceptors (Lipinski definition) is 8. The lowest BCUT2D eigenvalue weighted by Gasteiger charge is -2.21. The Bertz CT molecular complexity index is 1880. The Balaban J connectivity index is 1.66. The van der Waals surface area contributed by atoms with Crippen LogP contribution in [-0.4, -0.2) is 24.5 Å². The lowest BCUT2D eigenvalue weighted by atomic mass is 10.2. The number of aromatic nitrogens is 5. The van der Waals surface area contributed by atoms with Crippen LogP contribution in [0, 0.1) is 29.3 Å². The smallest absolute Gasteiger partial charge is 0.267 e. The molecule has 5 aromatic rings. The number of hydrogen-bond donors (Lipinski definition) is 3. The lowest BCUT2D eigenvalue weighted by molar-refractivity contribution is 0.579. The molecule has 0 aliphatic rings. The van der Waals surface area contributed by atoms with Crippen LogP contribution < -0.4 is 22.3 Å². The van der Waals surface area contributed by atoms with Crippen LogP contribution in [0.25, 0.3) is 16.6 Å². The minimum absolute atomic E-state index is 0.0559. The van der Waals surface area contributed by atoms with Crippen molar-refractivity contribution in [2.24, 2.45) is 0 Å². The molecule has 3 aromatic heterocycles. The van der Waals surface area contributed by atoms with Crippen LogP contribution >= 0.6 is 11.6 Å². The molecule has 0 saturated heterocycles. The van der Waals surface area contributed by atoms with Crippen LogP contribution in [0.2, 0.25) is 5.02 Å². The molecule has 0 fully saturated rings. The van der Waals surface area contributed by atoms with Crippen molar-refractivity contribution < 1.29 is 13.2 Å². The van der Waals surface area contributed by atoms with E-state index in [0.29, 0.717) is 6.07 Å². The SMILES string of the molecule is CC(Nc1nc(N)nc(N)c1C#Cc1ccc(F)cn1)c1nc2cccc(Cl)c2c(=O)n1-c1cc(F)cc(F)c1. The first-order valence-electron chi connectivity index (χ1n) is 11.6. The Hall–Kier alpha value is -5.15. The van der Waals surface area contributed by atoms with Gasteiger partial charge in [0.15, 0.2) is 0 Å². The molecule has 9 nitrogen and oxygen atoms in total. The first kappa shape index (κ1) is 26.5. The highest BCUT2D eigenvalue weighted by atomic mass is 35.5. The van der Waals surface area contributed by atoms with Gasteiger partial charge in [0, 0.05) is 6.07 Å². The highest BCUT2D eigenvalue weighted by Crippen LogP contribution is 2.27. The monoisotopic (exact) mass is 562 g/mol. The van der Waals surface area contributed by atoms with Gasteiger partial charge in [-0.3, -0.25) is 9.36 Å². The summed E-state index contributed by atoms with van der Waals surface area (Å²) in [4.78, 5) is 30.3. The van der Waals surface area contributed by atoms with Crippen LogP contribution in [0.3, 0.4) is 0 Å². The van der Waals surface area contributed by atoms with E-state index in [1.807, 2.05) is 0 Å². The second kappa shape index (κ2) is 10.5. The Morgan fingerprint density at radius 1 is 0.975 bits per heavy atom. The first-order chi connectivity index (χ1) is 19.1. The third kappa shape index (κ3) is 5.23. The van der Waals surface area contributed by atoms with Crippen molar-refractivity contribution in [1.82, 2.24) is 24.5 Å². The summed E-state index contributed by atoms with van der Waals surface area (Å²) in [5, 5.41) is 3.25. The van der Waals surface area contributed by atoms with Gasteiger partial charge in [0.1, 0.15) is 46.2 Å². The maximum atomic E-state index is 14.2. The zero-order valence-corrected chi connectivity index (χ0v) is 21.3. The van der Waals surface area contributed by atoms with Crippen LogP contribution in [0.5, 0.6) is 0 Å². The Morgan fingerprint density at radius 2 is 1.73 bits per heavy atom. The molecule has 0 amide bonds. The predicted molar refractivity (Wildman–Crippen MR) is 145 cm³/mol.